The number of carbonyl (C=O) groups excluding carboxylic acids is 2. The summed E-state index contributed by atoms with van der Waals surface area (Å²) < 4.78 is 1.85. The summed E-state index contributed by atoms with van der Waals surface area (Å²) in [6.07, 6.45) is 5.23. The van der Waals surface area contributed by atoms with Gasteiger partial charge < -0.3 is 26.6 Å². The maximum Gasteiger partial charge on any atom is 0.255 e. The van der Waals surface area contributed by atoms with E-state index < -0.39 is 0 Å². The van der Waals surface area contributed by atoms with Crippen LogP contribution in [0.15, 0.2) is 73.4 Å². The minimum atomic E-state index is -0.335. The van der Waals surface area contributed by atoms with Gasteiger partial charge in [-0.25, -0.2) is 4.98 Å². The van der Waals surface area contributed by atoms with Crippen LogP contribution < -0.4 is 26.6 Å². The summed E-state index contributed by atoms with van der Waals surface area (Å²) in [6, 6.07) is 16.8. The van der Waals surface area contributed by atoms with Crippen molar-refractivity contribution in [3.63, 3.8) is 0 Å². The zero-order chi connectivity index (χ0) is 30.6. The molecule has 1 unspecified atom stereocenters. The quantitative estimate of drug-likeness (QED) is 0.151. The number of anilines is 4. The summed E-state index contributed by atoms with van der Waals surface area (Å²) in [5.74, 6) is 1.32. The summed E-state index contributed by atoms with van der Waals surface area (Å²) in [5.41, 5.74) is 4.68. The highest BCUT2D eigenvalue weighted by Crippen LogP contribution is 2.26. The third kappa shape index (κ3) is 7.39. The molecule has 224 valence electrons. The van der Waals surface area contributed by atoms with E-state index in [0.717, 1.165) is 47.8 Å². The van der Waals surface area contributed by atoms with Crippen molar-refractivity contribution in [1.29, 1.82) is 0 Å². The van der Waals surface area contributed by atoms with Crippen LogP contribution >= 0.6 is 0 Å². The number of amides is 2. The van der Waals surface area contributed by atoms with Crippen LogP contribution in [0.5, 0.6) is 0 Å². The Hall–Kier alpha value is -4.70. The lowest BCUT2D eigenvalue weighted by molar-refractivity contribution is -0.111. The van der Waals surface area contributed by atoms with E-state index in [1.807, 2.05) is 41.0 Å². The van der Waals surface area contributed by atoms with Crippen molar-refractivity contribution >= 4 is 40.5 Å². The first-order valence-corrected chi connectivity index (χ1v) is 14.7. The fourth-order valence-electron chi connectivity index (χ4n) is 5.13. The highest BCUT2D eigenvalue weighted by molar-refractivity contribution is 6.06. The van der Waals surface area contributed by atoms with Crippen LogP contribution in [0, 0.1) is 0 Å². The van der Waals surface area contributed by atoms with Gasteiger partial charge in [-0.2, -0.15) is 9.61 Å². The van der Waals surface area contributed by atoms with Crippen LogP contribution in [0.4, 0.5) is 23.0 Å². The van der Waals surface area contributed by atoms with Gasteiger partial charge in [0.15, 0.2) is 5.65 Å². The molecule has 1 atom stereocenters. The highest BCUT2D eigenvalue weighted by atomic mass is 16.2. The van der Waals surface area contributed by atoms with Crippen molar-refractivity contribution in [2.24, 2.45) is 0 Å². The molecule has 0 spiro atoms. The van der Waals surface area contributed by atoms with E-state index in [2.05, 4.69) is 66.0 Å². The minimum absolute atomic E-state index is 0.152. The van der Waals surface area contributed by atoms with Gasteiger partial charge in [0, 0.05) is 53.2 Å². The number of nitrogens with one attached hydrogen (secondary N) is 5. The van der Waals surface area contributed by atoms with E-state index in [4.69, 9.17) is 4.98 Å². The highest BCUT2D eigenvalue weighted by Gasteiger charge is 2.26. The van der Waals surface area contributed by atoms with Crippen LogP contribution in [-0.4, -0.2) is 44.5 Å². The third-order valence-electron chi connectivity index (χ3n) is 7.65. The molecular formula is C33H40N8O2. The second-order valence-corrected chi connectivity index (χ2v) is 11.9. The Morgan fingerprint density at radius 3 is 2.60 bits per heavy atom. The van der Waals surface area contributed by atoms with Gasteiger partial charge in [0.05, 0.1) is 6.20 Å². The van der Waals surface area contributed by atoms with E-state index in [-0.39, 0.29) is 23.3 Å². The Labute approximate surface area is 252 Å². The standard InChI is InChI=1S/C33H40N8O2/c1-6-30(42)38-25-12-8-10-23(16-25)32(43)39-24-11-7-9-22(15-24)18-34-29-17-28(37-26-13-14-33(4,5)35-19-26)40-31-27(21(2)3)20-36-41(29)31/h6-12,15-17,20-21,26,34-35H,1,13-14,18-19H2,2-5H3,(H,37,40)(H,38,42)(H,39,43). The van der Waals surface area contributed by atoms with Crippen molar-refractivity contribution in [2.45, 2.75) is 64.6 Å². The summed E-state index contributed by atoms with van der Waals surface area (Å²) >= 11 is 0. The molecule has 43 heavy (non-hydrogen) atoms. The van der Waals surface area contributed by atoms with Gasteiger partial charge >= 0.3 is 0 Å². The van der Waals surface area contributed by atoms with Crippen molar-refractivity contribution in [3.8, 4) is 0 Å². The molecule has 2 aromatic heterocycles. The average molecular weight is 581 g/mol. The number of aromatic nitrogens is 3. The molecule has 10 nitrogen and oxygen atoms in total. The first-order chi connectivity index (χ1) is 20.6. The van der Waals surface area contributed by atoms with E-state index in [0.29, 0.717) is 29.5 Å². The van der Waals surface area contributed by atoms with E-state index in [1.165, 1.54) is 6.08 Å². The maximum absolute atomic E-state index is 13.0. The molecule has 10 heteroatoms. The van der Waals surface area contributed by atoms with Gasteiger partial charge in [0.25, 0.3) is 5.91 Å². The molecular weight excluding hydrogens is 540 g/mol. The molecule has 1 fully saturated rings. The average Bonchev–Trinajstić information content (AvgIpc) is 3.42. The molecule has 1 aliphatic heterocycles. The summed E-state index contributed by atoms with van der Waals surface area (Å²) in [6.45, 7) is 13.6. The van der Waals surface area contributed by atoms with Crippen molar-refractivity contribution in [1.82, 2.24) is 19.9 Å². The summed E-state index contributed by atoms with van der Waals surface area (Å²) in [5, 5.41) is 21.1. The topological polar surface area (TPSA) is 124 Å². The molecule has 0 saturated carbocycles. The van der Waals surface area contributed by atoms with Crippen LogP contribution in [0.1, 0.15) is 67.9 Å². The first-order valence-electron chi connectivity index (χ1n) is 14.7. The van der Waals surface area contributed by atoms with Gasteiger partial charge in [0.1, 0.15) is 11.6 Å². The lowest BCUT2D eigenvalue weighted by atomic mass is 9.91. The smallest absolute Gasteiger partial charge is 0.255 e. The van der Waals surface area contributed by atoms with Crippen LogP contribution in [0.25, 0.3) is 5.65 Å². The number of hydrogen-bond acceptors (Lipinski definition) is 7. The zero-order valence-corrected chi connectivity index (χ0v) is 25.2. The monoisotopic (exact) mass is 580 g/mol. The number of hydrogen-bond donors (Lipinski definition) is 5. The van der Waals surface area contributed by atoms with Gasteiger partial charge in [-0.3, -0.25) is 9.59 Å². The zero-order valence-electron chi connectivity index (χ0n) is 25.2. The molecule has 1 aliphatic rings. The third-order valence-corrected chi connectivity index (χ3v) is 7.65. The van der Waals surface area contributed by atoms with Crippen LogP contribution in [0.3, 0.4) is 0 Å². The van der Waals surface area contributed by atoms with E-state index in [1.54, 1.807) is 24.3 Å². The molecule has 2 aromatic carbocycles. The molecule has 1 saturated heterocycles. The van der Waals surface area contributed by atoms with Gasteiger partial charge in [0.2, 0.25) is 5.91 Å². The number of nitrogens with zero attached hydrogens (tertiary/aromatic N) is 3. The molecule has 5 rings (SSSR count). The Balaban J connectivity index is 1.31. The fourth-order valence-corrected chi connectivity index (χ4v) is 5.13. The first kappa shape index (κ1) is 29.8. The predicted molar refractivity (Wildman–Crippen MR) is 173 cm³/mol. The predicted octanol–water partition coefficient (Wildman–Crippen LogP) is 5.78. The normalized spacial score (nSPS) is 16.1. The summed E-state index contributed by atoms with van der Waals surface area (Å²) in [4.78, 5) is 29.6. The lowest BCUT2D eigenvalue weighted by Crippen LogP contribution is -2.50. The second kappa shape index (κ2) is 12.7. The number of piperidine rings is 1. The number of rotatable bonds is 10. The SMILES string of the molecule is C=CC(=O)Nc1cccc(C(=O)Nc2cccc(CNc3cc(NC4CCC(C)(C)NC4)nc4c(C(C)C)cnn34)c2)c1. The minimum Gasteiger partial charge on any atom is -0.366 e. The molecule has 5 N–H and O–H groups in total. The van der Waals surface area contributed by atoms with E-state index in [9.17, 15) is 9.59 Å². The van der Waals surface area contributed by atoms with Crippen LogP contribution in [0.2, 0.25) is 0 Å². The van der Waals surface area contributed by atoms with Crippen molar-refractivity contribution in [2.75, 3.05) is 27.8 Å². The van der Waals surface area contributed by atoms with Crippen molar-refractivity contribution in [3.05, 3.63) is 90.1 Å². The Bertz CT molecular complexity index is 1630. The van der Waals surface area contributed by atoms with E-state index >= 15 is 0 Å². The largest absolute Gasteiger partial charge is 0.366 e. The molecule has 0 aliphatic carbocycles. The van der Waals surface area contributed by atoms with Crippen LogP contribution in [-0.2, 0) is 11.3 Å². The molecule has 4 aromatic rings. The maximum atomic E-state index is 13.0. The van der Waals surface area contributed by atoms with Gasteiger partial charge in [-0.05, 0) is 74.6 Å². The van der Waals surface area contributed by atoms with Gasteiger partial charge in [-0.15, -0.1) is 0 Å². The molecule has 0 bridgehead atoms. The van der Waals surface area contributed by atoms with Gasteiger partial charge in [-0.1, -0.05) is 38.6 Å². The number of fused-ring (bicyclic) bond motifs is 1. The Morgan fingerprint density at radius 1 is 1.12 bits per heavy atom. The lowest BCUT2D eigenvalue weighted by Gasteiger charge is -2.36. The Morgan fingerprint density at radius 2 is 1.88 bits per heavy atom. The second-order valence-electron chi connectivity index (χ2n) is 11.9. The summed E-state index contributed by atoms with van der Waals surface area (Å²) in [7, 11) is 0. The fraction of sp³-hybridized carbons (Fsp3) is 0.333. The molecule has 3 heterocycles. The number of benzene rings is 2. The number of carbonyl (C=O) groups is 2. The molecule has 2 amide bonds. The Kier molecular flexibility index (Phi) is 8.77. The van der Waals surface area contributed by atoms with Crippen molar-refractivity contribution < 1.29 is 9.59 Å². The molecule has 0 radical (unpaired) electrons.